The Morgan fingerprint density at radius 2 is 1.95 bits per heavy atom. The number of aromatic nitrogens is 2. The third-order valence-electron chi connectivity index (χ3n) is 3.22. The number of benzene rings is 1. The molecule has 0 saturated carbocycles. The number of hydrogen-bond donors (Lipinski definition) is 2. The molecule has 0 fully saturated rings. The minimum absolute atomic E-state index is 0.419. The Labute approximate surface area is 120 Å². The van der Waals surface area contributed by atoms with Crippen LogP contribution in [0.15, 0.2) is 36.4 Å². The molecule has 0 aliphatic carbocycles. The van der Waals surface area contributed by atoms with Crippen LogP contribution in [0.5, 0.6) is 0 Å². The van der Waals surface area contributed by atoms with Crippen molar-refractivity contribution in [3.8, 4) is 0 Å². The summed E-state index contributed by atoms with van der Waals surface area (Å²) in [4.78, 5) is 8.72. The number of nitrogens with one attached hydrogen (secondary N) is 1. The Kier molecular flexibility index (Phi) is 4.93. The van der Waals surface area contributed by atoms with Gasteiger partial charge in [0, 0.05) is 19.0 Å². The van der Waals surface area contributed by atoms with Gasteiger partial charge in [0.15, 0.2) is 0 Å². The van der Waals surface area contributed by atoms with Crippen molar-refractivity contribution < 1.29 is 0 Å². The van der Waals surface area contributed by atoms with Crippen molar-refractivity contribution in [2.45, 2.75) is 32.6 Å². The van der Waals surface area contributed by atoms with E-state index < -0.39 is 0 Å². The van der Waals surface area contributed by atoms with Crippen LogP contribution in [0.3, 0.4) is 0 Å². The summed E-state index contributed by atoms with van der Waals surface area (Å²) in [6.45, 7) is 5.13. The summed E-state index contributed by atoms with van der Waals surface area (Å²) >= 11 is 0. The summed E-state index contributed by atoms with van der Waals surface area (Å²) in [6.07, 6.45) is 1.87. The Bertz CT molecular complexity index is 539. The molecule has 106 valence electrons. The smallest absolute Gasteiger partial charge is 0.133 e. The van der Waals surface area contributed by atoms with E-state index in [0.29, 0.717) is 11.7 Å². The quantitative estimate of drug-likeness (QED) is 0.846. The van der Waals surface area contributed by atoms with E-state index in [1.807, 2.05) is 6.07 Å². The molecule has 4 nitrogen and oxygen atoms in total. The Hall–Kier alpha value is -2.10. The summed E-state index contributed by atoms with van der Waals surface area (Å²) in [5.74, 6) is 2.56. The lowest BCUT2D eigenvalue weighted by molar-refractivity contribution is 0.793. The van der Waals surface area contributed by atoms with Crippen molar-refractivity contribution in [2.75, 3.05) is 17.6 Å². The molecule has 0 bridgehead atoms. The van der Waals surface area contributed by atoms with Crippen LogP contribution >= 0.6 is 0 Å². The second-order valence-corrected chi connectivity index (χ2v) is 5.04. The zero-order chi connectivity index (χ0) is 14.4. The van der Waals surface area contributed by atoms with Crippen LogP contribution in [0.2, 0.25) is 0 Å². The predicted octanol–water partition coefficient (Wildman–Crippen LogP) is 3.23. The zero-order valence-corrected chi connectivity index (χ0v) is 12.1. The number of nitrogen functional groups attached to an aromatic ring is 1. The van der Waals surface area contributed by atoms with Crippen LogP contribution < -0.4 is 11.1 Å². The van der Waals surface area contributed by atoms with Crippen LogP contribution in [0.25, 0.3) is 0 Å². The van der Waals surface area contributed by atoms with Crippen LogP contribution in [0.1, 0.15) is 37.6 Å². The topological polar surface area (TPSA) is 63.8 Å². The van der Waals surface area contributed by atoms with Gasteiger partial charge in [-0.15, -0.1) is 0 Å². The second-order valence-electron chi connectivity index (χ2n) is 5.04. The molecule has 0 spiro atoms. The van der Waals surface area contributed by atoms with Gasteiger partial charge < -0.3 is 11.1 Å². The number of nitrogens with two attached hydrogens (primary N) is 1. The molecular formula is C16H22N4. The first-order chi connectivity index (χ1) is 9.69. The Balaban J connectivity index is 2.00. The predicted molar refractivity (Wildman–Crippen MR) is 83.8 cm³/mol. The van der Waals surface area contributed by atoms with E-state index in [2.05, 4.69) is 53.4 Å². The molecular weight excluding hydrogens is 248 g/mol. The van der Waals surface area contributed by atoms with E-state index in [0.717, 1.165) is 31.0 Å². The fourth-order valence-electron chi connectivity index (χ4n) is 2.10. The number of nitrogens with zero attached hydrogens (tertiary/aromatic N) is 2. The lowest BCUT2D eigenvalue weighted by atomic mass is 10.0. The van der Waals surface area contributed by atoms with Gasteiger partial charge in [-0.05, 0) is 17.9 Å². The van der Waals surface area contributed by atoms with Gasteiger partial charge in [-0.3, -0.25) is 0 Å². The summed E-state index contributed by atoms with van der Waals surface area (Å²) in [5.41, 5.74) is 7.13. The van der Waals surface area contributed by atoms with E-state index in [-0.39, 0.29) is 0 Å². The largest absolute Gasteiger partial charge is 0.384 e. The lowest BCUT2D eigenvalue weighted by Gasteiger charge is -2.14. The summed E-state index contributed by atoms with van der Waals surface area (Å²) in [7, 11) is 0. The maximum Gasteiger partial charge on any atom is 0.133 e. The highest BCUT2D eigenvalue weighted by atomic mass is 15.0. The first-order valence-corrected chi connectivity index (χ1v) is 7.11. The van der Waals surface area contributed by atoms with E-state index in [1.54, 1.807) is 6.07 Å². The summed E-state index contributed by atoms with van der Waals surface area (Å²) < 4.78 is 0. The third-order valence-corrected chi connectivity index (χ3v) is 3.22. The van der Waals surface area contributed by atoms with Crippen molar-refractivity contribution in [1.82, 2.24) is 9.97 Å². The van der Waals surface area contributed by atoms with E-state index in [1.165, 1.54) is 5.56 Å². The molecule has 0 amide bonds. The van der Waals surface area contributed by atoms with E-state index >= 15 is 0 Å². The van der Waals surface area contributed by atoms with Gasteiger partial charge in [-0.2, -0.15) is 0 Å². The fraction of sp³-hybridized carbons (Fsp3) is 0.375. The van der Waals surface area contributed by atoms with Gasteiger partial charge in [-0.1, -0.05) is 44.2 Å². The van der Waals surface area contributed by atoms with Gasteiger partial charge in [0.1, 0.15) is 17.5 Å². The van der Waals surface area contributed by atoms with Crippen LogP contribution in [-0.4, -0.2) is 16.5 Å². The first kappa shape index (κ1) is 14.3. The number of rotatable bonds is 6. The number of aryl methyl sites for hydroxylation is 1. The molecule has 1 unspecified atom stereocenters. The maximum atomic E-state index is 5.82. The molecule has 3 N–H and O–H groups in total. The van der Waals surface area contributed by atoms with Crippen molar-refractivity contribution in [2.24, 2.45) is 0 Å². The van der Waals surface area contributed by atoms with Crippen molar-refractivity contribution >= 4 is 11.6 Å². The van der Waals surface area contributed by atoms with E-state index in [9.17, 15) is 0 Å². The van der Waals surface area contributed by atoms with Crippen molar-refractivity contribution in [1.29, 1.82) is 0 Å². The highest BCUT2D eigenvalue weighted by Gasteiger charge is 2.06. The molecule has 1 heterocycles. The Morgan fingerprint density at radius 3 is 2.65 bits per heavy atom. The van der Waals surface area contributed by atoms with Gasteiger partial charge in [-0.25, -0.2) is 9.97 Å². The van der Waals surface area contributed by atoms with Crippen molar-refractivity contribution in [3.63, 3.8) is 0 Å². The van der Waals surface area contributed by atoms with E-state index in [4.69, 9.17) is 5.73 Å². The summed E-state index contributed by atoms with van der Waals surface area (Å²) in [5, 5.41) is 3.35. The molecule has 0 aliphatic rings. The fourth-order valence-corrected chi connectivity index (χ4v) is 2.10. The zero-order valence-electron chi connectivity index (χ0n) is 12.1. The standard InChI is InChI=1S/C16H22N4/c1-3-7-15-19-14(17)10-16(20-15)18-11-12(2)13-8-5-4-6-9-13/h4-6,8-10,12H,3,7,11H2,1-2H3,(H3,17,18,19,20). The van der Waals surface area contributed by atoms with Crippen LogP contribution in [0, 0.1) is 0 Å². The molecule has 1 atom stereocenters. The highest BCUT2D eigenvalue weighted by Crippen LogP contribution is 2.16. The van der Waals surface area contributed by atoms with Gasteiger partial charge >= 0.3 is 0 Å². The molecule has 2 aromatic rings. The normalized spacial score (nSPS) is 12.1. The monoisotopic (exact) mass is 270 g/mol. The molecule has 4 heteroatoms. The lowest BCUT2D eigenvalue weighted by Crippen LogP contribution is -2.12. The molecule has 20 heavy (non-hydrogen) atoms. The number of anilines is 2. The minimum atomic E-state index is 0.419. The third kappa shape index (κ3) is 3.95. The average molecular weight is 270 g/mol. The van der Waals surface area contributed by atoms with Crippen LogP contribution in [0.4, 0.5) is 11.6 Å². The SMILES string of the molecule is CCCc1nc(N)cc(NCC(C)c2ccccc2)n1. The first-order valence-electron chi connectivity index (χ1n) is 7.11. The maximum absolute atomic E-state index is 5.82. The van der Waals surface area contributed by atoms with Gasteiger partial charge in [0.2, 0.25) is 0 Å². The van der Waals surface area contributed by atoms with Crippen molar-refractivity contribution in [3.05, 3.63) is 47.8 Å². The molecule has 0 saturated heterocycles. The van der Waals surface area contributed by atoms with Crippen LogP contribution in [-0.2, 0) is 6.42 Å². The molecule has 1 aromatic carbocycles. The molecule has 2 rings (SSSR count). The molecule has 0 radical (unpaired) electrons. The highest BCUT2D eigenvalue weighted by molar-refractivity contribution is 5.45. The minimum Gasteiger partial charge on any atom is -0.384 e. The van der Waals surface area contributed by atoms with Gasteiger partial charge in [0.25, 0.3) is 0 Å². The average Bonchev–Trinajstić information content (AvgIpc) is 2.45. The molecule has 1 aromatic heterocycles. The molecule has 0 aliphatic heterocycles. The second kappa shape index (κ2) is 6.89. The Morgan fingerprint density at radius 1 is 1.20 bits per heavy atom. The van der Waals surface area contributed by atoms with Gasteiger partial charge in [0.05, 0.1) is 0 Å². The summed E-state index contributed by atoms with van der Waals surface area (Å²) in [6, 6.07) is 12.2. The number of hydrogen-bond acceptors (Lipinski definition) is 4.